The molecule has 6 nitrogen and oxygen atoms in total. The van der Waals surface area contributed by atoms with E-state index in [9.17, 15) is 10.5 Å². The van der Waals surface area contributed by atoms with Crippen molar-refractivity contribution in [2.24, 2.45) is 0 Å². The Morgan fingerprint density at radius 2 is 0.623 bits per heavy atom. The molecular formula is C55H32N6. The first-order valence-corrected chi connectivity index (χ1v) is 20.3. The summed E-state index contributed by atoms with van der Waals surface area (Å²) in [4.78, 5) is 5.33. The Hall–Kier alpha value is -8.71. The summed E-state index contributed by atoms with van der Waals surface area (Å²) in [6.45, 7) is 0. The largest absolute Gasteiger partial charge is 0.309 e. The molecular weight excluding hydrogens is 745 g/mol. The Morgan fingerprint density at radius 3 is 0.934 bits per heavy atom. The van der Waals surface area contributed by atoms with Gasteiger partial charge < -0.3 is 13.7 Å². The third-order valence-corrected chi connectivity index (χ3v) is 12.1. The Labute approximate surface area is 350 Å². The van der Waals surface area contributed by atoms with Gasteiger partial charge in [0, 0.05) is 43.4 Å². The topological polar surface area (TPSA) is 75.3 Å². The first-order valence-electron chi connectivity index (χ1n) is 20.3. The number of fused-ring (bicyclic) bond motifs is 9. The lowest BCUT2D eigenvalue weighted by molar-refractivity contribution is 1.15. The molecule has 0 aliphatic rings. The maximum atomic E-state index is 10.8. The summed E-state index contributed by atoms with van der Waals surface area (Å²) in [6, 6.07) is 71.6. The minimum atomic E-state index is 0.539. The van der Waals surface area contributed by atoms with Crippen LogP contribution in [0.2, 0.25) is 0 Å². The van der Waals surface area contributed by atoms with Crippen molar-refractivity contribution in [3.8, 4) is 51.7 Å². The molecule has 0 bridgehead atoms. The Kier molecular flexibility index (Phi) is 7.56. The van der Waals surface area contributed by atoms with Crippen LogP contribution in [-0.4, -0.2) is 18.7 Å². The van der Waals surface area contributed by atoms with Gasteiger partial charge in [-0.3, -0.25) is 0 Å². The van der Waals surface area contributed by atoms with E-state index in [1.807, 2.05) is 48.5 Å². The zero-order valence-corrected chi connectivity index (χ0v) is 32.7. The van der Waals surface area contributed by atoms with Crippen LogP contribution in [-0.2, 0) is 0 Å². The monoisotopic (exact) mass is 776 g/mol. The highest BCUT2D eigenvalue weighted by atomic mass is 15.0. The summed E-state index contributed by atoms with van der Waals surface area (Å²) in [5.41, 5.74) is 13.0. The number of pyridine rings is 1. The lowest BCUT2D eigenvalue weighted by atomic mass is 10.0. The number of para-hydroxylation sites is 6. The van der Waals surface area contributed by atoms with Gasteiger partial charge in [-0.15, -0.1) is 0 Å². The third-order valence-electron chi connectivity index (χ3n) is 12.1. The van der Waals surface area contributed by atoms with Crippen molar-refractivity contribution in [3.63, 3.8) is 0 Å². The second-order valence-corrected chi connectivity index (χ2v) is 15.4. The van der Waals surface area contributed by atoms with Crippen LogP contribution in [0.4, 0.5) is 0 Å². The highest BCUT2D eigenvalue weighted by Crippen LogP contribution is 2.39. The van der Waals surface area contributed by atoms with Crippen molar-refractivity contribution in [3.05, 3.63) is 205 Å². The van der Waals surface area contributed by atoms with Crippen LogP contribution in [0.15, 0.2) is 194 Å². The van der Waals surface area contributed by atoms with Gasteiger partial charge in [-0.05, 0) is 72.8 Å². The minimum Gasteiger partial charge on any atom is -0.309 e. The number of rotatable bonds is 5. The van der Waals surface area contributed by atoms with Crippen molar-refractivity contribution in [2.45, 2.75) is 0 Å². The number of hydrogen-bond acceptors (Lipinski definition) is 3. The maximum Gasteiger partial charge on any atom is 0.101 e. The third kappa shape index (κ3) is 5.17. The fourth-order valence-electron chi connectivity index (χ4n) is 9.47. The second kappa shape index (κ2) is 13.4. The van der Waals surface area contributed by atoms with E-state index in [4.69, 9.17) is 4.98 Å². The van der Waals surface area contributed by atoms with Crippen molar-refractivity contribution < 1.29 is 0 Å². The molecule has 282 valence electrons. The number of benzene rings is 8. The summed E-state index contributed by atoms with van der Waals surface area (Å²) in [6.07, 6.45) is 0. The van der Waals surface area contributed by atoms with Crippen molar-refractivity contribution in [2.75, 3.05) is 0 Å². The zero-order valence-electron chi connectivity index (χ0n) is 32.7. The number of aromatic nitrogens is 4. The van der Waals surface area contributed by atoms with Gasteiger partial charge in [0.05, 0.1) is 72.7 Å². The molecule has 61 heavy (non-hydrogen) atoms. The molecule has 0 aliphatic heterocycles. The maximum absolute atomic E-state index is 10.8. The quantitative estimate of drug-likeness (QED) is 0.175. The van der Waals surface area contributed by atoms with E-state index >= 15 is 0 Å². The standard InChI is InChI=1S/C55H32N6/c56-33-37-29-35(25-27-48(37)60-52-21-9-3-15-42(52)43-16-4-10-22-53(43)60)46-31-39(59-50-19-7-1-13-40(50)41-14-2-8-20-51(41)59)32-47(58-46)36-26-28-49(38(30-36)34-57)61-54-23-11-5-17-44(54)45-18-6-12-24-55(45)61/h1-32H. The van der Waals surface area contributed by atoms with Gasteiger partial charge in [0.25, 0.3) is 0 Å². The van der Waals surface area contributed by atoms with E-state index in [0.717, 1.165) is 93.6 Å². The molecule has 0 fully saturated rings. The lowest BCUT2D eigenvalue weighted by Gasteiger charge is -2.16. The van der Waals surface area contributed by atoms with E-state index < -0.39 is 0 Å². The number of nitriles is 2. The van der Waals surface area contributed by atoms with Crippen molar-refractivity contribution in [1.82, 2.24) is 18.7 Å². The molecule has 12 rings (SSSR count). The Bertz CT molecular complexity index is 3510. The molecule has 4 heterocycles. The number of nitrogens with zero attached hydrogens (tertiary/aromatic N) is 6. The molecule has 0 amide bonds. The lowest BCUT2D eigenvalue weighted by Crippen LogP contribution is -2.01. The molecule has 0 atom stereocenters. The highest BCUT2D eigenvalue weighted by molar-refractivity contribution is 6.11. The van der Waals surface area contributed by atoms with Gasteiger partial charge in [-0.25, -0.2) is 4.98 Å². The molecule has 0 spiro atoms. The molecule has 12 aromatic rings. The van der Waals surface area contributed by atoms with E-state index in [0.29, 0.717) is 22.5 Å². The minimum absolute atomic E-state index is 0.539. The van der Waals surface area contributed by atoms with Crippen LogP contribution >= 0.6 is 0 Å². The first kappa shape index (κ1) is 34.3. The first-order chi connectivity index (χ1) is 30.2. The average molecular weight is 777 g/mol. The van der Waals surface area contributed by atoms with Gasteiger partial charge in [-0.1, -0.05) is 121 Å². The fraction of sp³-hybridized carbons (Fsp3) is 0. The molecule has 8 aromatic carbocycles. The van der Waals surface area contributed by atoms with Crippen LogP contribution in [0, 0.1) is 22.7 Å². The Morgan fingerprint density at radius 1 is 0.328 bits per heavy atom. The van der Waals surface area contributed by atoms with Crippen LogP contribution in [0.25, 0.3) is 105 Å². The zero-order chi connectivity index (χ0) is 40.6. The van der Waals surface area contributed by atoms with E-state index in [2.05, 4.69) is 171 Å². The second-order valence-electron chi connectivity index (χ2n) is 15.4. The SMILES string of the molecule is N#Cc1cc(-c2cc(-n3c4ccccc4c4ccccc43)cc(-c3ccc(-n4c5ccccc5c5ccccc54)c(C#N)c3)n2)ccc1-n1c2ccccc2c2ccccc21. The summed E-state index contributed by atoms with van der Waals surface area (Å²) < 4.78 is 6.65. The molecule has 0 N–H and O–H groups in total. The molecule has 0 unspecified atom stereocenters. The fourth-order valence-corrected chi connectivity index (χ4v) is 9.47. The highest BCUT2D eigenvalue weighted by Gasteiger charge is 2.20. The van der Waals surface area contributed by atoms with Crippen LogP contribution < -0.4 is 0 Å². The molecule has 0 saturated heterocycles. The average Bonchev–Trinajstić information content (AvgIpc) is 3.97. The summed E-state index contributed by atoms with van der Waals surface area (Å²) in [7, 11) is 0. The van der Waals surface area contributed by atoms with Crippen molar-refractivity contribution >= 4 is 65.4 Å². The number of hydrogen-bond donors (Lipinski definition) is 0. The summed E-state index contributed by atoms with van der Waals surface area (Å²) >= 11 is 0. The van der Waals surface area contributed by atoms with Crippen LogP contribution in [0.3, 0.4) is 0 Å². The molecule has 0 saturated carbocycles. The van der Waals surface area contributed by atoms with Gasteiger partial charge in [0.2, 0.25) is 0 Å². The summed E-state index contributed by atoms with van der Waals surface area (Å²) in [5, 5.41) is 28.4. The van der Waals surface area contributed by atoms with Crippen LogP contribution in [0.5, 0.6) is 0 Å². The van der Waals surface area contributed by atoms with E-state index in [-0.39, 0.29) is 0 Å². The van der Waals surface area contributed by atoms with Gasteiger partial charge in [0.15, 0.2) is 0 Å². The molecule has 4 aromatic heterocycles. The van der Waals surface area contributed by atoms with E-state index in [1.165, 1.54) is 0 Å². The molecule has 0 aliphatic carbocycles. The normalized spacial score (nSPS) is 11.6. The van der Waals surface area contributed by atoms with Crippen LogP contribution in [0.1, 0.15) is 11.1 Å². The predicted molar refractivity (Wildman–Crippen MR) is 248 cm³/mol. The Balaban J connectivity index is 1.08. The molecule has 0 radical (unpaired) electrons. The smallest absolute Gasteiger partial charge is 0.101 e. The summed E-state index contributed by atoms with van der Waals surface area (Å²) in [5.74, 6) is 0. The van der Waals surface area contributed by atoms with E-state index in [1.54, 1.807) is 0 Å². The predicted octanol–water partition coefficient (Wildman–Crippen LogP) is 13.5. The van der Waals surface area contributed by atoms with Gasteiger partial charge >= 0.3 is 0 Å². The van der Waals surface area contributed by atoms with Gasteiger partial charge in [-0.2, -0.15) is 10.5 Å². The van der Waals surface area contributed by atoms with Crippen molar-refractivity contribution in [1.29, 1.82) is 10.5 Å². The molecule has 6 heteroatoms. The van der Waals surface area contributed by atoms with Gasteiger partial charge in [0.1, 0.15) is 12.1 Å².